The minimum absolute atomic E-state index is 0.251. The fraction of sp³-hybridized carbons (Fsp3) is 0.0714. The number of carbonyl (C=O) groups is 1. The van der Waals surface area contributed by atoms with Crippen LogP contribution in [0, 0.1) is 5.82 Å². The zero-order chi connectivity index (χ0) is 12.1. The molecular weight excluding hydrogens is 217 g/mol. The van der Waals surface area contributed by atoms with E-state index in [4.69, 9.17) is 0 Å². The highest BCUT2D eigenvalue weighted by atomic mass is 19.1. The number of carbonyl (C=O) groups excluding carboxylic acids is 1. The smallest absolute Gasteiger partial charge is 0.150 e. The molecule has 0 heterocycles. The molecule has 2 aromatic carbocycles. The largest absolute Gasteiger partial charge is 0.381 e. The SMILES string of the molecule is O=Cc1cccc(CNc2ccc(F)cc2)c1. The summed E-state index contributed by atoms with van der Waals surface area (Å²) in [5, 5.41) is 3.16. The third kappa shape index (κ3) is 3.14. The molecule has 2 nitrogen and oxygen atoms in total. The lowest BCUT2D eigenvalue weighted by atomic mass is 10.1. The van der Waals surface area contributed by atoms with Gasteiger partial charge in [0.05, 0.1) is 0 Å². The zero-order valence-electron chi connectivity index (χ0n) is 9.19. The molecular formula is C14H12FNO. The van der Waals surface area contributed by atoms with Gasteiger partial charge >= 0.3 is 0 Å². The van der Waals surface area contributed by atoms with Crippen LogP contribution in [0.5, 0.6) is 0 Å². The molecule has 0 unspecified atom stereocenters. The summed E-state index contributed by atoms with van der Waals surface area (Å²) >= 11 is 0. The molecule has 0 saturated carbocycles. The van der Waals surface area contributed by atoms with Gasteiger partial charge in [-0.3, -0.25) is 4.79 Å². The van der Waals surface area contributed by atoms with Crippen LogP contribution in [0.25, 0.3) is 0 Å². The van der Waals surface area contributed by atoms with E-state index in [1.165, 1.54) is 12.1 Å². The number of benzene rings is 2. The van der Waals surface area contributed by atoms with Crippen molar-refractivity contribution in [2.75, 3.05) is 5.32 Å². The molecule has 86 valence electrons. The van der Waals surface area contributed by atoms with E-state index < -0.39 is 0 Å². The summed E-state index contributed by atoms with van der Waals surface area (Å²) in [5.41, 5.74) is 2.52. The Morgan fingerprint density at radius 3 is 2.59 bits per heavy atom. The summed E-state index contributed by atoms with van der Waals surface area (Å²) in [6.45, 7) is 0.604. The lowest BCUT2D eigenvalue weighted by molar-refractivity contribution is 0.112. The molecule has 17 heavy (non-hydrogen) atoms. The summed E-state index contributed by atoms with van der Waals surface area (Å²) in [6, 6.07) is 13.5. The van der Waals surface area contributed by atoms with Crippen molar-refractivity contribution in [3.63, 3.8) is 0 Å². The molecule has 2 rings (SSSR count). The van der Waals surface area contributed by atoms with Crippen molar-refractivity contribution in [3.05, 3.63) is 65.5 Å². The Labute approximate surface area is 99.1 Å². The second-order valence-electron chi connectivity index (χ2n) is 3.72. The van der Waals surface area contributed by atoms with Crippen LogP contribution in [-0.4, -0.2) is 6.29 Å². The van der Waals surface area contributed by atoms with Gasteiger partial charge in [-0.05, 0) is 35.9 Å². The lowest BCUT2D eigenvalue weighted by Crippen LogP contribution is -1.99. The van der Waals surface area contributed by atoms with Gasteiger partial charge in [0.25, 0.3) is 0 Å². The summed E-state index contributed by atoms with van der Waals surface area (Å²) in [5.74, 6) is -0.251. The minimum atomic E-state index is -0.251. The molecule has 0 aromatic heterocycles. The van der Waals surface area contributed by atoms with Crippen LogP contribution in [0.15, 0.2) is 48.5 Å². The number of nitrogens with one attached hydrogen (secondary N) is 1. The van der Waals surface area contributed by atoms with Crippen molar-refractivity contribution in [1.29, 1.82) is 0 Å². The standard InChI is InChI=1S/C14H12FNO/c15-13-4-6-14(7-5-13)16-9-11-2-1-3-12(8-11)10-17/h1-8,10,16H,9H2. The van der Waals surface area contributed by atoms with E-state index in [1.807, 2.05) is 18.2 Å². The maximum absolute atomic E-state index is 12.7. The number of halogens is 1. The van der Waals surface area contributed by atoms with Crippen LogP contribution < -0.4 is 5.32 Å². The van der Waals surface area contributed by atoms with Crippen molar-refractivity contribution in [3.8, 4) is 0 Å². The molecule has 2 aromatic rings. The van der Waals surface area contributed by atoms with Crippen LogP contribution in [0.3, 0.4) is 0 Å². The Balaban J connectivity index is 2.01. The van der Waals surface area contributed by atoms with Crippen LogP contribution in [0.1, 0.15) is 15.9 Å². The van der Waals surface area contributed by atoms with Crippen molar-refractivity contribution < 1.29 is 9.18 Å². The van der Waals surface area contributed by atoms with E-state index in [0.717, 1.165) is 17.5 Å². The third-order valence-electron chi connectivity index (χ3n) is 2.43. The Morgan fingerprint density at radius 1 is 1.12 bits per heavy atom. The van der Waals surface area contributed by atoms with Crippen LogP contribution >= 0.6 is 0 Å². The molecule has 0 fully saturated rings. The molecule has 1 N–H and O–H groups in total. The van der Waals surface area contributed by atoms with Crippen LogP contribution in [0.2, 0.25) is 0 Å². The molecule has 0 aliphatic rings. The Morgan fingerprint density at radius 2 is 1.88 bits per heavy atom. The fourth-order valence-corrected chi connectivity index (χ4v) is 1.55. The van der Waals surface area contributed by atoms with E-state index in [0.29, 0.717) is 12.1 Å². The second-order valence-corrected chi connectivity index (χ2v) is 3.72. The first-order valence-corrected chi connectivity index (χ1v) is 5.31. The highest BCUT2D eigenvalue weighted by molar-refractivity contribution is 5.74. The molecule has 0 radical (unpaired) electrons. The third-order valence-corrected chi connectivity index (χ3v) is 2.43. The first-order chi connectivity index (χ1) is 8.28. The number of rotatable bonds is 4. The van der Waals surface area contributed by atoms with Crippen molar-refractivity contribution in [2.24, 2.45) is 0 Å². The highest BCUT2D eigenvalue weighted by Crippen LogP contribution is 2.11. The predicted octanol–water partition coefficient (Wildman–Crippen LogP) is 3.25. The van der Waals surface area contributed by atoms with Crippen molar-refractivity contribution in [2.45, 2.75) is 6.54 Å². The van der Waals surface area contributed by atoms with Crippen molar-refractivity contribution in [1.82, 2.24) is 0 Å². The summed E-state index contributed by atoms with van der Waals surface area (Å²) in [4.78, 5) is 10.6. The Bertz CT molecular complexity index is 508. The predicted molar refractivity (Wildman–Crippen MR) is 65.6 cm³/mol. The molecule has 0 aliphatic heterocycles. The van der Waals surface area contributed by atoms with Gasteiger partial charge in [0, 0.05) is 17.8 Å². The van der Waals surface area contributed by atoms with Gasteiger partial charge in [0.15, 0.2) is 0 Å². The number of hydrogen-bond acceptors (Lipinski definition) is 2. The molecule has 0 spiro atoms. The zero-order valence-corrected chi connectivity index (χ0v) is 9.19. The van der Waals surface area contributed by atoms with E-state index in [1.54, 1.807) is 18.2 Å². The van der Waals surface area contributed by atoms with Crippen LogP contribution in [-0.2, 0) is 6.54 Å². The van der Waals surface area contributed by atoms with E-state index >= 15 is 0 Å². The van der Waals surface area contributed by atoms with Gasteiger partial charge in [-0.25, -0.2) is 4.39 Å². The summed E-state index contributed by atoms with van der Waals surface area (Å²) in [7, 11) is 0. The maximum Gasteiger partial charge on any atom is 0.150 e. The van der Waals surface area contributed by atoms with E-state index in [-0.39, 0.29) is 5.82 Å². The number of aldehydes is 1. The molecule has 0 saturated heterocycles. The Kier molecular flexibility index (Phi) is 3.50. The van der Waals surface area contributed by atoms with Gasteiger partial charge in [-0.1, -0.05) is 18.2 Å². The average Bonchev–Trinajstić information content (AvgIpc) is 2.38. The van der Waals surface area contributed by atoms with E-state index in [9.17, 15) is 9.18 Å². The average molecular weight is 229 g/mol. The quantitative estimate of drug-likeness (QED) is 0.815. The van der Waals surface area contributed by atoms with Crippen LogP contribution in [0.4, 0.5) is 10.1 Å². The lowest BCUT2D eigenvalue weighted by Gasteiger charge is -2.06. The fourth-order valence-electron chi connectivity index (χ4n) is 1.55. The normalized spacial score (nSPS) is 9.94. The molecule has 0 aliphatic carbocycles. The Hall–Kier alpha value is -2.16. The summed E-state index contributed by atoms with van der Waals surface area (Å²) in [6.07, 6.45) is 0.821. The molecule has 0 bridgehead atoms. The van der Waals surface area contributed by atoms with Gasteiger partial charge in [-0.15, -0.1) is 0 Å². The van der Waals surface area contributed by atoms with Crippen molar-refractivity contribution >= 4 is 12.0 Å². The first kappa shape index (κ1) is 11.3. The first-order valence-electron chi connectivity index (χ1n) is 5.31. The topological polar surface area (TPSA) is 29.1 Å². The number of hydrogen-bond donors (Lipinski definition) is 1. The van der Waals surface area contributed by atoms with Gasteiger partial charge in [0.2, 0.25) is 0 Å². The molecule has 0 atom stereocenters. The summed E-state index contributed by atoms with van der Waals surface area (Å²) < 4.78 is 12.7. The van der Waals surface area contributed by atoms with E-state index in [2.05, 4.69) is 5.32 Å². The second kappa shape index (κ2) is 5.25. The van der Waals surface area contributed by atoms with Gasteiger partial charge < -0.3 is 5.32 Å². The molecule has 0 amide bonds. The number of anilines is 1. The minimum Gasteiger partial charge on any atom is -0.381 e. The van der Waals surface area contributed by atoms with Gasteiger partial charge in [0.1, 0.15) is 12.1 Å². The highest BCUT2D eigenvalue weighted by Gasteiger charge is 1.96. The maximum atomic E-state index is 12.7. The van der Waals surface area contributed by atoms with Gasteiger partial charge in [-0.2, -0.15) is 0 Å². The monoisotopic (exact) mass is 229 g/mol. The molecule has 3 heteroatoms.